The Morgan fingerprint density at radius 3 is 2.84 bits per heavy atom. The van der Waals surface area contributed by atoms with E-state index < -0.39 is 6.10 Å². The summed E-state index contributed by atoms with van der Waals surface area (Å²) < 4.78 is 12.2. The van der Waals surface area contributed by atoms with Crippen LogP contribution in [0.2, 0.25) is 0 Å². The minimum Gasteiger partial charge on any atom is -0.374 e. The van der Waals surface area contributed by atoms with E-state index in [1.165, 1.54) is 0 Å². The highest BCUT2D eigenvalue weighted by atomic mass is 79.9. The Hall–Kier alpha value is -0.950. The topological polar surface area (TPSA) is 73.6 Å². The molecule has 3 N–H and O–H groups in total. The molecule has 1 saturated heterocycles. The van der Waals surface area contributed by atoms with E-state index in [1.807, 2.05) is 24.3 Å². The van der Waals surface area contributed by atoms with Gasteiger partial charge in [-0.3, -0.25) is 10.2 Å². The van der Waals surface area contributed by atoms with Crippen LogP contribution in [0.4, 0.5) is 0 Å². The number of hydrogen-bond acceptors (Lipinski definition) is 4. The number of halogens is 1. The van der Waals surface area contributed by atoms with Crippen molar-refractivity contribution in [3.63, 3.8) is 0 Å². The average molecular weight is 329 g/mol. The summed E-state index contributed by atoms with van der Waals surface area (Å²) in [6.45, 7) is 1.03. The molecule has 0 aromatic heterocycles. The van der Waals surface area contributed by atoms with E-state index >= 15 is 0 Å². The molecule has 1 aliphatic heterocycles. The second-order valence-corrected chi connectivity index (χ2v) is 5.39. The molecule has 0 bridgehead atoms. The van der Waals surface area contributed by atoms with Crippen molar-refractivity contribution in [3.05, 3.63) is 34.3 Å². The van der Waals surface area contributed by atoms with Gasteiger partial charge in [-0.05, 0) is 30.5 Å². The molecule has 2 atom stereocenters. The molecule has 2 unspecified atom stereocenters. The van der Waals surface area contributed by atoms with Crippen LogP contribution in [0.3, 0.4) is 0 Å². The van der Waals surface area contributed by atoms with E-state index in [-0.39, 0.29) is 12.0 Å². The number of nitrogens with one attached hydrogen (secondary N) is 1. The van der Waals surface area contributed by atoms with Crippen molar-refractivity contribution in [1.82, 2.24) is 5.43 Å². The molecule has 1 fully saturated rings. The second-order valence-electron chi connectivity index (χ2n) is 4.47. The highest BCUT2D eigenvalue weighted by molar-refractivity contribution is 9.10. The zero-order chi connectivity index (χ0) is 13.7. The first-order valence-corrected chi connectivity index (χ1v) is 6.96. The molecular weight excluding hydrogens is 312 g/mol. The van der Waals surface area contributed by atoms with E-state index in [4.69, 9.17) is 15.3 Å². The first-order valence-electron chi connectivity index (χ1n) is 6.17. The molecule has 0 radical (unpaired) electrons. The maximum absolute atomic E-state index is 11.3. The molecule has 104 valence electrons. The van der Waals surface area contributed by atoms with Gasteiger partial charge in [0.1, 0.15) is 6.10 Å². The van der Waals surface area contributed by atoms with Crippen LogP contribution in [0.5, 0.6) is 0 Å². The minimum atomic E-state index is -0.439. The number of hydrogen-bond donors (Lipinski definition) is 2. The lowest BCUT2D eigenvalue weighted by molar-refractivity contribution is -0.133. The van der Waals surface area contributed by atoms with Gasteiger partial charge in [0.25, 0.3) is 5.91 Å². The summed E-state index contributed by atoms with van der Waals surface area (Å²) in [5, 5.41) is 0. The predicted octanol–water partition coefficient (Wildman–Crippen LogP) is 1.50. The number of carbonyl (C=O) groups excluding carboxylic acids is 1. The Bertz CT molecular complexity index is 424. The van der Waals surface area contributed by atoms with E-state index in [0.717, 1.165) is 16.5 Å². The van der Waals surface area contributed by atoms with Crippen LogP contribution in [0.1, 0.15) is 18.4 Å². The fourth-order valence-electron chi connectivity index (χ4n) is 2.00. The fourth-order valence-corrected chi connectivity index (χ4v) is 2.27. The first kappa shape index (κ1) is 14.5. The van der Waals surface area contributed by atoms with Crippen molar-refractivity contribution in [1.29, 1.82) is 0 Å². The SMILES string of the molecule is NNC(=O)C1CCC(COCc2ccc(Br)cc2)O1. The molecule has 1 aromatic carbocycles. The van der Waals surface area contributed by atoms with Crippen LogP contribution >= 0.6 is 15.9 Å². The van der Waals surface area contributed by atoms with Crippen LogP contribution in [0.25, 0.3) is 0 Å². The molecule has 6 heteroatoms. The normalized spacial score (nSPS) is 22.4. The van der Waals surface area contributed by atoms with Crippen molar-refractivity contribution in [3.8, 4) is 0 Å². The minimum absolute atomic E-state index is 0.0299. The lowest BCUT2D eigenvalue weighted by Crippen LogP contribution is -2.39. The number of amides is 1. The van der Waals surface area contributed by atoms with Gasteiger partial charge in [-0.15, -0.1) is 0 Å². The van der Waals surface area contributed by atoms with E-state index in [0.29, 0.717) is 19.6 Å². The Labute approximate surface area is 120 Å². The molecule has 0 saturated carbocycles. The van der Waals surface area contributed by atoms with Gasteiger partial charge in [0.15, 0.2) is 0 Å². The predicted molar refractivity (Wildman–Crippen MR) is 74.0 cm³/mol. The summed E-state index contributed by atoms with van der Waals surface area (Å²) in [6, 6.07) is 7.97. The maximum atomic E-state index is 11.3. The third-order valence-electron chi connectivity index (χ3n) is 3.03. The lowest BCUT2D eigenvalue weighted by atomic mass is 10.2. The van der Waals surface area contributed by atoms with Gasteiger partial charge in [-0.25, -0.2) is 5.84 Å². The Kier molecular flexibility index (Phi) is 5.33. The van der Waals surface area contributed by atoms with Crippen molar-refractivity contribution < 1.29 is 14.3 Å². The van der Waals surface area contributed by atoms with Crippen LogP contribution in [0, 0.1) is 0 Å². The van der Waals surface area contributed by atoms with E-state index in [9.17, 15) is 4.79 Å². The summed E-state index contributed by atoms with van der Waals surface area (Å²) in [5.74, 6) is 4.80. The van der Waals surface area contributed by atoms with E-state index in [2.05, 4.69) is 21.4 Å². The van der Waals surface area contributed by atoms with Crippen molar-refractivity contribution in [2.45, 2.75) is 31.7 Å². The largest absolute Gasteiger partial charge is 0.374 e. The maximum Gasteiger partial charge on any atom is 0.263 e. The van der Waals surface area contributed by atoms with Crippen LogP contribution in [-0.2, 0) is 20.9 Å². The summed E-state index contributed by atoms with van der Waals surface area (Å²) in [5.41, 5.74) is 3.21. The van der Waals surface area contributed by atoms with Crippen molar-refractivity contribution in [2.24, 2.45) is 5.84 Å². The van der Waals surface area contributed by atoms with Gasteiger partial charge in [0.05, 0.1) is 19.3 Å². The molecular formula is C13H17BrN2O3. The summed E-state index contributed by atoms with van der Waals surface area (Å²) in [6.07, 6.45) is 1.04. The molecule has 1 aliphatic rings. The molecule has 0 aliphatic carbocycles. The zero-order valence-corrected chi connectivity index (χ0v) is 12.1. The average Bonchev–Trinajstić information content (AvgIpc) is 2.89. The third-order valence-corrected chi connectivity index (χ3v) is 3.56. The summed E-state index contributed by atoms with van der Waals surface area (Å²) >= 11 is 3.39. The van der Waals surface area contributed by atoms with E-state index in [1.54, 1.807) is 0 Å². The highest BCUT2D eigenvalue weighted by Gasteiger charge is 2.30. The molecule has 0 spiro atoms. The smallest absolute Gasteiger partial charge is 0.263 e. The fraction of sp³-hybridized carbons (Fsp3) is 0.462. The summed E-state index contributed by atoms with van der Waals surface area (Å²) in [7, 11) is 0. The molecule has 19 heavy (non-hydrogen) atoms. The van der Waals surface area contributed by atoms with Gasteiger partial charge in [-0.1, -0.05) is 28.1 Å². The first-order chi connectivity index (χ1) is 9.19. The van der Waals surface area contributed by atoms with Crippen LogP contribution < -0.4 is 11.3 Å². The molecule has 1 amide bonds. The standard InChI is InChI=1S/C13H17BrN2O3/c14-10-3-1-9(2-4-10)7-18-8-11-5-6-12(19-11)13(17)16-15/h1-4,11-12H,5-8,15H2,(H,16,17). The number of carbonyl (C=O) groups is 1. The van der Waals surface area contributed by atoms with Gasteiger partial charge in [0, 0.05) is 4.47 Å². The Morgan fingerprint density at radius 1 is 1.42 bits per heavy atom. The summed E-state index contributed by atoms with van der Waals surface area (Å²) in [4.78, 5) is 11.3. The molecule has 2 rings (SSSR count). The second kappa shape index (κ2) is 7.00. The van der Waals surface area contributed by atoms with Gasteiger partial charge < -0.3 is 9.47 Å². The molecule has 5 nitrogen and oxygen atoms in total. The monoisotopic (exact) mass is 328 g/mol. The van der Waals surface area contributed by atoms with Crippen LogP contribution in [0.15, 0.2) is 28.7 Å². The number of ether oxygens (including phenoxy) is 2. The highest BCUT2D eigenvalue weighted by Crippen LogP contribution is 2.20. The molecule has 1 heterocycles. The molecule has 1 aromatic rings. The Balaban J connectivity index is 1.69. The van der Waals surface area contributed by atoms with Crippen LogP contribution in [-0.4, -0.2) is 24.7 Å². The van der Waals surface area contributed by atoms with Gasteiger partial charge in [0.2, 0.25) is 0 Å². The number of rotatable bonds is 5. The van der Waals surface area contributed by atoms with Gasteiger partial charge >= 0.3 is 0 Å². The van der Waals surface area contributed by atoms with Crippen molar-refractivity contribution in [2.75, 3.05) is 6.61 Å². The van der Waals surface area contributed by atoms with Crippen molar-refractivity contribution >= 4 is 21.8 Å². The number of benzene rings is 1. The third kappa shape index (κ3) is 4.28. The Morgan fingerprint density at radius 2 is 2.16 bits per heavy atom. The number of hydrazine groups is 1. The number of nitrogens with two attached hydrogens (primary N) is 1. The van der Waals surface area contributed by atoms with Gasteiger partial charge in [-0.2, -0.15) is 0 Å². The quantitative estimate of drug-likeness (QED) is 0.488. The lowest BCUT2D eigenvalue weighted by Gasteiger charge is -2.13. The zero-order valence-electron chi connectivity index (χ0n) is 10.5.